The van der Waals surface area contributed by atoms with Crippen molar-refractivity contribution in [3.05, 3.63) is 29.8 Å². The molecule has 0 heterocycles. The Bertz CT molecular complexity index is 502. The van der Waals surface area contributed by atoms with Crippen molar-refractivity contribution < 1.29 is 9.59 Å². The molecule has 5 nitrogen and oxygen atoms in total. The van der Waals surface area contributed by atoms with Gasteiger partial charge in [0.2, 0.25) is 0 Å². The zero-order valence-corrected chi connectivity index (χ0v) is 11.8. The van der Waals surface area contributed by atoms with E-state index < -0.39 is 11.8 Å². The van der Waals surface area contributed by atoms with E-state index in [2.05, 4.69) is 17.5 Å². The Labute approximate surface area is 117 Å². The number of rotatable bonds is 4. The van der Waals surface area contributed by atoms with Crippen molar-refractivity contribution in [2.75, 3.05) is 18.0 Å². The van der Waals surface area contributed by atoms with Crippen LogP contribution in [-0.2, 0) is 9.59 Å². The van der Waals surface area contributed by atoms with Gasteiger partial charge < -0.3 is 16.0 Å². The molecule has 0 spiro atoms. The van der Waals surface area contributed by atoms with E-state index in [4.69, 9.17) is 5.73 Å². The number of nitrogens with zero attached hydrogens (tertiary/aromatic N) is 1. The first-order valence-corrected chi connectivity index (χ1v) is 6.31. The molecular weight excluding hydrogens is 262 g/mol. The molecule has 2 amide bonds. The summed E-state index contributed by atoms with van der Waals surface area (Å²) in [5.41, 5.74) is 6.93. The molecule has 0 saturated carbocycles. The SMILES string of the molecule is CCN(C(=O)C(=O)NCC(N)=S)c1ccccc1C. The number of para-hydroxylation sites is 1. The maximum absolute atomic E-state index is 12.1. The summed E-state index contributed by atoms with van der Waals surface area (Å²) in [4.78, 5) is 25.3. The van der Waals surface area contributed by atoms with Crippen LogP contribution in [0.5, 0.6) is 0 Å². The lowest BCUT2D eigenvalue weighted by Crippen LogP contribution is -2.45. The van der Waals surface area contributed by atoms with E-state index in [1.807, 2.05) is 32.0 Å². The number of thiocarbonyl (C=S) groups is 1. The van der Waals surface area contributed by atoms with Gasteiger partial charge in [-0.3, -0.25) is 9.59 Å². The minimum absolute atomic E-state index is 0.0191. The van der Waals surface area contributed by atoms with Crippen molar-refractivity contribution in [1.29, 1.82) is 0 Å². The van der Waals surface area contributed by atoms with Gasteiger partial charge in [0, 0.05) is 12.2 Å². The van der Waals surface area contributed by atoms with Crippen LogP contribution < -0.4 is 16.0 Å². The fourth-order valence-corrected chi connectivity index (χ4v) is 1.73. The van der Waals surface area contributed by atoms with Gasteiger partial charge in [-0.15, -0.1) is 0 Å². The Morgan fingerprint density at radius 1 is 1.37 bits per heavy atom. The van der Waals surface area contributed by atoms with Crippen LogP contribution in [0, 0.1) is 6.92 Å². The number of aryl methyl sites for hydroxylation is 1. The molecule has 1 aromatic carbocycles. The van der Waals surface area contributed by atoms with Gasteiger partial charge >= 0.3 is 11.8 Å². The maximum Gasteiger partial charge on any atom is 0.316 e. The number of amides is 2. The molecule has 0 aliphatic rings. The number of hydrogen-bond donors (Lipinski definition) is 2. The minimum atomic E-state index is -0.710. The summed E-state index contributed by atoms with van der Waals surface area (Å²) >= 11 is 4.65. The molecular formula is C13H17N3O2S. The molecule has 3 N–H and O–H groups in total. The highest BCUT2D eigenvalue weighted by molar-refractivity contribution is 7.80. The van der Waals surface area contributed by atoms with Gasteiger partial charge in [-0.1, -0.05) is 30.4 Å². The molecule has 0 unspecified atom stereocenters. The standard InChI is InChI=1S/C13H17N3O2S/c1-3-16(10-7-5-4-6-9(10)2)13(18)12(17)15-8-11(14)19/h4-7H,3,8H2,1-2H3,(H2,14,19)(H,15,17). The van der Waals surface area contributed by atoms with E-state index in [1.54, 1.807) is 6.07 Å². The Balaban J connectivity index is 2.86. The van der Waals surface area contributed by atoms with Crippen molar-refractivity contribution in [2.45, 2.75) is 13.8 Å². The van der Waals surface area contributed by atoms with E-state index in [0.29, 0.717) is 6.54 Å². The second kappa shape index (κ2) is 6.84. The van der Waals surface area contributed by atoms with Gasteiger partial charge in [0.15, 0.2) is 0 Å². The predicted molar refractivity (Wildman–Crippen MR) is 79.0 cm³/mol. The molecule has 19 heavy (non-hydrogen) atoms. The molecule has 1 aromatic rings. The number of carbonyl (C=O) groups is 2. The second-order valence-electron chi connectivity index (χ2n) is 3.98. The molecule has 0 saturated heterocycles. The van der Waals surface area contributed by atoms with Gasteiger partial charge in [0.1, 0.15) is 0 Å². The summed E-state index contributed by atoms with van der Waals surface area (Å²) in [7, 11) is 0. The number of anilines is 1. The van der Waals surface area contributed by atoms with Crippen LogP contribution in [0.4, 0.5) is 5.69 Å². The summed E-state index contributed by atoms with van der Waals surface area (Å²) in [6.45, 7) is 4.12. The highest BCUT2D eigenvalue weighted by atomic mass is 32.1. The van der Waals surface area contributed by atoms with E-state index in [1.165, 1.54) is 4.90 Å². The number of nitrogens with two attached hydrogens (primary N) is 1. The first-order valence-electron chi connectivity index (χ1n) is 5.91. The van der Waals surface area contributed by atoms with Gasteiger partial charge in [-0.25, -0.2) is 0 Å². The number of hydrogen-bond acceptors (Lipinski definition) is 3. The lowest BCUT2D eigenvalue weighted by Gasteiger charge is -2.22. The van der Waals surface area contributed by atoms with Crippen molar-refractivity contribution in [2.24, 2.45) is 5.73 Å². The van der Waals surface area contributed by atoms with Crippen LogP contribution in [-0.4, -0.2) is 29.9 Å². The molecule has 0 radical (unpaired) electrons. The molecule has 102 valence electrons. The minimum Gasteiger partial charge on any atom is -0.392 e. The maximum atomic E-state index is 12.1. The third kappa shape index (κ3) is 4.03. The lowest BCUT2D eigenvalue weighted by molar-refractivity contribution is -0.137. The van der Waals surface area contributed by atoms with E-state index in [0.717, 1.165) is 11.3 Å². The molecule has 0 atom stereocenters. The number of likely N-dealkylation sites (N-methyl/N-ethyl adjacent to an activating group) is 1. The number of benzene rings is 1. The summed E-state index contributed by atoms with van der Waals surface area (Å²) in [5.74, 6) is -1.33. The van der Waals surface area contributed by atoms with Crippen molar-refractivity contribution in [3.8, 4) is 0 Å². The Kier molecular flexibility index (Phi) is 5.44. The fourth-order valence-electron chi connectivity index (χ4n) is 1.66. The van der Waals surface area contributed by atoms with Crippen molar-refractivity contribution in [1.82, 2.24) is 5.32 Å². The first kappa shape index (κ1) is 15.1. The van der Waals surface area contributed by atoms with E-state index in [9.17, 15) is 9.59 Å². The topological polar surface area (TPSA) is 75.4 Å². The highest BCUT2D eigenvalue weighted by Crippen LogP contribution is 2.19. The summed E-state index contributed by atoms with van der Waals surface area (Å²) in [6, 6.07) is 7.39. The molecule has 0 fully saturated rings. The van der Waals surface area contributed by atoms with Gasteiger partial charge in [0.05, 0.1) is 11.5 Å². The second-order valence-corrected chi connectivity index (χ2v) is 4.51. The largest absolute Gasteiger partial charge is 0.392 e. The van der Waals surface area contributed by atoms with Crippen LogP contribution in [0.25, 0.3) is 0 Å². The van der Waals surface area contributed by atoms with Crippen molar-refractivity contribution in [3.63, 3.8) is 0 Å². The van der Waals surface area contributed by atoms with E-state index >= 15 is 0 Å². The Morgan fingerprint density at radius 3 is 2.53 bits per heavy atom. The number of nitrogens with one attached hydrogen (secondary N) is 1. The smallest absolute Gasteiger partial charge is 0.316 e. The molecule has 6 heteroatoms. The summed E-state index contributed by atoms with van der Waals surface area (Å²) in [5, 5.41) is 2.39. The molecule has 0 aliphatic heterocycles. The van der Waals surface area contributed by atoms with E-state index in [-0.39, 0.29) is 11.5 Å². The fraction of sp³-hybridized carbons (Fsp3) is 0.308. The van der Waals surface area contributed by atoms with Crippen LogP contribution in [0.3, 0.4) is 0 Å². The highest BCUT2D eigenvalue weighted by Gasteiger charge is 2.22. The summed E-state index contributed by atoms with van der Waals surface area (Å²) in [6.07, 6.45) is 0. The van der Waals surface area contributed by atoms with Gasteiger partial charge in [0.25, 0.3) is 0 Å². The zero-order valence-electron chi connectivity index (χ0n) is 11.0. The normalized spacial score (nSPS) is 9.79. The zero-order chi connectivity index (χ0) is 14.4. The monoisotopic (exact) mass is 279 g/mol. The average molecular weight is 279 g/mol. The van der Waals surface area contributed by atoms with Gasteiger partial charge in [-0.05, 0) is 25.5 Å². The van der Waals surface area contributed by atoms with Crippen molar-refractivity contribution >= 4 is 34.7 Å². The quantitative estimate of drug-likeness (QED) is 0.630. The Hall–Kier alpha value is -1.95. The molecule has 1 rings (SSSR count). The lowest BCUT2D eigenvalue weighted by atomic mass is 10.2. The third-order valence-electron chi connectivity index (χ3n) is 2.59. The number of carbonyl (C=O) groups excluding carboxylic acids is 2. The van der Waals surface area contributed by atoms with Gasteiger partial charge in [-0.2, -0.15) is 0 Å². The molecule has 0 bridgehead atoms. The molecule has 0 aliphatic carbocycles. The average Bonchev–Trinajstić information content (AvgIpc) is 2.38. The summed E-state index contributed by atoms with van der Waals surface area (Å²) < 4.78 is 0. The predicted octanol–water partition coefficient (Wildman–Crippen LogP) is 0.750. The third-order valence-corrected chi connectivity index (χ3v) is 2.73. The van der Waals surface area contributed by atoms with Crippen LogP contribution in [0.15, 0.2) is 24.3 Å². The van der Waals surface area contributed by atoms with Crippen LogP contribution in [0.1, 0.15) is 12.5 Å². The Morgan fingerprint density at radius 2 is 2.00 bits per heavy atom. The van der Waals surface area contributed by atoms with Crippen LogP contribution in [0.2, 0.25) is 0 Å². The first-order chi connectivity index (χ1) is 8.97. The molecule has 0 aromatic heterocycles. The van der Waals surface area contributed by atoms with Crippen LogP contribution >= 0.6 is 12.2 Å².